The van der Waals surface area contributed by atoms with Gasteiger partial charge in [-0.05, 0) is 75.4 Å². The minimum Gasteiger partial charge on any atom is -0.464 e. The number of carbonyl (C=O) groups is 6. The van der Waals surface area contributed by atoms with E-state index in [9.17, 15) is 54.1 Å². The zero-order valence-corrected chi connectivity index (χ0v) is 34.5. The zero-order chi connectivity index (χ0) is 43.8. The Morgan fingerprint density at radius 1 is 0.966 bits per heavy atom. The van der Waals surface area contributed by atoms with E-state index in [2.05, 4.69) is 15.0 Å². The van der Waals surface area contributed by atoms with Gasteiger partial charge in [-0.25, -0.2) is 4.79 Å². The summed E-state index contributed by atoms with van der Waals surface area (Å²) in [6.45, 7) is 5.54. The van der Waals surface area contributed by atoms with Gasteiger partial charge >= 0.3 is 17.9 Å². The van der Waals surface area contributed by atoms with E-state index in [1.807, 2.05) is 6.92 Å². The summed E-state index contributed by atoms with van der Waals surface area (Å²) in [5.74, 6) is -5.61. The maximum atomic E-state index is 14.6. The van der Waals surface area contributed by atoms with E-state index in [1.165, 1.54) is 6.08 Å². The Hall–Kier alpha value is -4.65. The Bertz CT molecular complexity index is 1720. The molecule has 3 unspecified atom stereocenters. The Balaban J connectivity index is 1.50. The topological polar surface area (TPSA) is 267 Å². The van der Waals surface area contributed by atoms with Gasteiger partial charge in [0.2, 0.25) is 11.7 Å². The molecule has 0 spiro atoms. The number of Topliss-reactive ketones (excluding diaryl/α,β-unsaturated/α-hetero) is 1. The number of rotatable bonds is 22. The number of nitrogens with one attached hydrogen (secondary N) is 1. The lowest BCUT2D eigenvalue weighted by molar-refractivity contribution is -0.757. The van der Waals surface area contributed by atoms with Crippen molar-refractivity contribution in [2.24, 2.45) is 28.6 Å². The molecule has 9 atom stereocenters. The number of ketones is 2. The fraction of sp³-hybridized carbons (Fsp3) is 0.744. The highest BCUT2D eigenvalue weighted by atomic mass is 35.5. The maximum Gasteiger partial charge on any atom is 0.329 e. The summed E-state index contributed by atoms with van der Waals surface area (Å²) in [6.07, 6.45) is 5.26. The molecule has 0 heterocycles. The zero-order valence-electron chi connectivity index (χ0n) is 33.8. The fourth-order valence-electron chi connectivity index (χ4n) is 9.91. The number of halogens is 1. The number of hydrogen-bond donors (Lipinski definition) is 2. The molecule has 4 aliphatic carbocycles. The van der Waals surface area contributed by atoms with Gasteiger partial charge in [-0.1, -0.05) is 45.8 Å². The van der Waals surface area contributed by atoms with E-state index in [0.717, 1.165) is 5.57 Å². The first-order chi connectivity index (χ1) is 27.8. The number of hydrogen-bond acceptors (Lipinski definition) is 16. The van der Waals surface area contributed by atoms with Crippen molar-refractivity contribution in [2.75, 3.05) is 26.4 Å². The lowest BCUT2D eigenvalue weighted by Crippen LogP contribution is -2.69. The number of fused-ring (bicyclic) bond motifs is 5. The quantitative estimate of drug-likeness (QED) is 0.0391. The lowest BCUT2D eigenvalue weighted by atomic mass is 9.45. The second-order valence-electron chi connectivity index (χ2n) is 16.2. The summed E-state index contributed by atoms with van der Waals surface area (Å²) >= 11 is 7.57. The first kappa shape index (κ1) is 47.0. The van der Waals surface area contributed by atoms with Crippen LogP contribution in [0.1, 0.15) is 105 Å². The van der Waals surface area contributed by atoms with E-state index in [0.29, 0.717) is 25.7 Å². The largest absolute Gasteiger partial charge is 0.464 e. The Morgan fingerprint density at radius 3 is 2.25 bits per heavy atom. The normalized spacial score (nSPS) is 30.9. The van der Waals surface area contributed by atoms with Crippen LogP contribution in [-0.2, 0) is 52.7 Å². The number of unbranched alkanes of at least 4 members (excludes halogenated alkanes) is 3. The second kappa shape index (κ2) is 19.6. The molecule has 4 aliphatic rings. The number of aliphatic hydroxyl groups is 1. The van der Waals surface area contributed by atoms with E-state index < -0.39 is 92.2 Å². The van der Waals surface area contributed by atoms with Crippen LogP contribution < -0.4 is 5.32 Å². The van der Waals surface area contributed by atoms with E-state index in [1.54, 1.807) is 32.9 Å². The molecule has 328 valence electrons. The molecule has 1 amide bonds. The second-order valence-corrected chi connectivity index (χ2v) is 16.8. The molecule has 59 heavy (non-hydrogen) atoms. The first-order valence-corrected chi connectivity index (χ1v) is 20.4. The van der Waals surface area contributed by atoms with E-state index in [4.69, 9.17) is 25.8 Å². The number of allylic oxidation sites excluding steroid dienone is 4. The minimum absolute atomic E-state index is 0.0514. The van der Waals surface area contributed by atoms with Crippen LogP contribution in [0.4, 0.5) is 0 Å². The van der Waals surface area contributed by atoms with Crippen molar-refractivity contribution in [1.82, 2.24) is 5.32 Å². The number of ether oxygens (including phenoxy) is 3. The molecule has 0 bridgehead atoms. The molecule has 0 radical (unpaired) electrons. The van der Waals surface area contributed by atoms with Gasteiger partial charge in [0.25, 0.3) is 10.2 Å². The van der Waals surface area contributed by atoms with Gasteiger partial charge in [0.05, 0.1) is 37.2 Å². The van der Waals surface area contributed by atoms with Crippen LogP contribution in [-0.4, -0.2) is 99.7 Å². The van der Waals surface area contributed by atoms with Gasteiger partial charge < -0.3 is 34.3 Å². The van der Waals surface area contributed by atoms with Crippen molar-refractivity contribution in [3.05, 3.63) is 44.0 Å². The standard InChI is InChI=1S/C39H54ClN3O16/c1-5-33(48)59-39(24(2)19-28-27-13-12-25-20-26(44)14-15-36(25,3)38(27,40)30(45)22-37(28,39)4)31(46)23-56-34(49)21-29(35(50)55-16-9-10-18-58-43(53)54)41-32(47)11-7-6-8-17-57-42(51)52/h14-15,20,24,27-30,45H,5-13,16-19,21-23H2,1-4H3,(H,41,47)/t24-,27?,28?,29?,30-,36-,37-,38-,39-/m0/s1. The fourth-order valence-corrected chi connectivity index (χ4v) is 10.4. The molecule has 20 heteroatoms. The van der Waals surface area contributed by atoms with Crippen molar-refractivity contribution in [2.45, 2.75) is 127 Å². The number of aliphatic hydroxyl groups excluding tert-OH is 1. The van der Waals surface area contributed by atoms with Gasteiger partial charge in [-0.2, -0.15) is 0 Å². The Morgan fingerprint density at radius 2 is 1.61 bits per heavy atom. The van der Waals surface area contributed by atoms with Gasteiger partial charge in [0, 0.05) is 29.6 Å². The third-order valence-corrected chi connectivity index (χ3v) is 13.7. The van der Waals surface area contributed by atoms with Gasteiger partial charge in [-0.15, -0.1) is 31.8 Å². The molecular formula is C39H54ClN3O16. The minimum atomic E-state index is -1.85. The number of esters is 3. The summed E-state index contributed by atoms with van der Waals surface area (Å²) in [4.78, 5) is 107. The molecule has 0 aromatic heterocycles. The highest BCUT2D eigenvalue weighted by Crippen LogP contribution is 2.72. The summed E-state index contributed by atoms with van der Waals surface area (Å²) in [5, 5.41) is 33.3. The van der Waals surface area contributed by atoms with Crippen LogP contribution in [0.3, 0.4) is 0 Å². The predicted molar refractivity (Wildman–Crippen MR) is 204 cm³/mol. The maximum absolute atomic E-state index is 14.6. The number of alkyl halides is 1. The summed E-state index contributed by atoms with van der Waals surface area (Å²) < 4.78 is 16.8. The Kier molecular flexibility index (Phi) is 15.6. The van der Waals surface area contributed by atoms with Crippen molar-refractivity contribution in [3.8, 4) is 0 Å². The molecule has 3 saturated carbocycles. The van der Waals surface area contributed by atoms with E-state index in [-0.39, 0.29) is 82.4 Å². The molecule has 0 aliphatic heterocycles. The van der Waals surface area contributed by atoms with Crippen LogP contribution in [0.5, 0.6) is 0 Å². The van der Waals surface area contributed by atoms with Gasteiger partial charge in [0.15, 0.2) is 18.0 Å². The summed E-state index contributed by atoms with van der Waals surface area (Å²) in [5.41, 5.74) is -3.07. The summed E-state index contributed by atoms with van der Waals surface area (Å²) in [7, 11) is 0. The highest BCUT2D eigenvalue weighted by Gasteiger charge is 2.76. The van der Waals surface area contributed by atoms with Gasteiger partial charge in [0.1, 0.15) is 6.04 Å². The van der Waals surface area contributed by atoms with Crippen molar-refractivity contribution < 1.29 is 67.9 Å². The molecule has 0 aromatic carbocycles. The number of amides is 1. The number of nitrogens with zero attached hydrogens (tertiary/aromatic N) is 2. The SMILES string of the molecule is CCC(=O)O[C@]1(C(=O)COC(=O)CC(NC(=O)CCCCCO[N+](=O)[O-])C(=O)OCCCCO[N+](=O)[O-])[C@@H](C)CC2C3CCC4=CC(=O)C=C[C@]4(C)[C@@]3(Cl)[C@@H](O)C[C@@]21C. The molecule has 0 aromatic rings. The van der Waals surface area contributed by atoms with Gasteiger partial charge in [-0.3, -0.25) is 24.0 Å². The molecule has 4 rings (SSSR count). The smallest absolute Gasteiger partial charge is 0.329 e. The van der Waals surface area contributed by atoms with Crippen molar-refractivity contribution >= 4 is 47.0 Å². The van der Waals surface area contributed by atoms with Crippen LogP contribution in [0.15, 0.2) is 23.8 Å². The van der Waals surface area contributed by atoms with Crippen molar-refractivity contribution in [3.63, 3.8) is 0 Å². The summed E-state index contributed by atoms with van der Waals surface area (Å²) in [6, 6.07) is -1.56. The van der Waals surface area contributed by atoms with Crippen LogP contribution in [0, 0.1) is 48.8 Å². The highest BCUT2D eigenvalue weighted by molar-refractivity contribution is 6.26. The third-order valence-electron chi connectivity index (χ3n) is 12.7. The third kappa shape index (κ3) is 9.88. The molecule has 3 fully saturated rings. The molecule has 0 saturated heterocycles. The lowest BCUT2D eigenvalue weighted by Gasteiger charge is -2.64. The average molecular weight is 856 g/mol. The molecular weight excluding hydrogens is 802 g/mol. The number of carbonyl (C=O) groups excluding carboxylic acids is 6. The molecule has 2 N–H and O–H groups in total. The average Bonchev–Trinajstić information content (AvgIpc) is 3.38. The van der Waals surface area contributed by atoms with Crippen LogP contribution >= 0.6 is 11.6 Å². The van der Waals surface area contributed by atoms with Crippen LogP contribution in [0.2, 0.25) is 0 Å². The van der Waals surface area contributed by atoms with Crippen molar-refractivity contribution in [1.29, 1.82) is 0 Å². The Labute approximate surface area is 346 Å². The van der Waals surface area contributed by atoms with E-state index >= 15 is 0 Å². The first-order valence-electron chi connectivity index (χ1n) is 20.0. The predicted octanol–water partition coefficient (Wildman–Crippen LogP) is 3.85. The monoisotopic (exact) mass is 855 g/mol. The van der Waals surface area contributed by atoms with Crippen LogP contribution in [0.25, 0.3) is 0 Å². The molecule has 19 nitrogen and oxygen atoms in total.